The third-order valence-corrected chi connectivity index (χ3v) is 7.51. The Labute approximate surface area is 179 Å². The van der Waals surface area contributed by atoms with E-state index in [4.69, 9.17) is 4.74 Å². The van der Waals surface area contributed by atoms with Crippen molar-refractivity contribution in [2.45, 2.75) is 32.6 Å². The Morgan fingerprint density at radius 1 is 1.23 bits per heavy atom. The largest absolute Gasteiger partial charge is 0.383 e. The summed E-state index contributed by atoms with van der Waals surface area (Å²) in [5, 5.41) is 6.14. The quantitative estimate of drug-likeness (QED) is 0.776. The van der Waals surface area contributed by atoms with Crippen LogP contribution < -0.4 is 10.6 Å². The number of rotatable bonds is 5. The van der Waals surface area contributed by atoms with Crippen LogP contribution in [-0.4, -0.2) is 74.7 Å². The number of anilines is 1. The second-order valence-electron chi connectivity index (χ2n) is 9.04. The van der Waals surface area contributed by atoms with Gasteiger partial charge >= 0.3 is 6.03 Å². The van der Waals surface area contributed by atoms with Crippen LogP contribution in [0.4, 0.5) is 10.5 Å². The molecule has 2 spiro atoms. The van der Waals surface area contributed by atoms with E-state index in [9.17, 15) is 9.59 Å². The number of carbonyl (C=O) groups is 2. The number of hydrogen-bond donors (Lipinski definition) is 2. The third-order valence-electron chi connectivity index (χ3n) is 7.51. The number of piperidine rings is 1. The summed E-state index contributed by atoms with van der Waals surface area (Å²) >= 11 is 0. The van der Waals surface area contributed by atoms with Crippen molar-refractivity contribution in [1.82, 2.24) is 15.1 Å². The lowest BCUT2D eigenvalue weighted by Crippen LogP contribution is -2.53. The van der Waals surface area contributed by atoms with Crippen LogP contribution in [0.15, 0.2) is 24.3 Å². The van der Waals surface area contributed by atoms with Gasteiger partial charge in [-0.2, -0.15) is 0 Å². The van der Waals surface area contributed by atoms with Gasteiger partial charge in [-0.25, -0.2) is 4.79 Å². The van der Waals surface area contributed by atoms with Crippen LogP contribution in [0.1, 0.15) is 31.7 Å². The molecule has 3 amide bonds. The van der Waals surface area contributed by atoms with Gasteiger partial charge in [0.05, 0.1) is 12.0 Å². The third kappa shape index (κ3) is 3.69. The molecule has 3 heterocycles. The molecule has 0 aliphatic carbocycles. The van der Waals surface area contributed by atoms with Crippen LogP contribution in [0, 0.1) is 10.8 Å². The molecule has 3 saturated heterocycles. The Morgan fingerprint density at radius 2 is 2.03 bits per heavy atom. The molecule has 0 radical (unpaired) electrons. The Balaban J connectivity index is 1.43. The molecular formula is C23H34N4O3. The number of methoxy groups -OCH3 is 1. The summed E-state index contributed by atoms with van der Waals surface area (Å²) in [6, 6.07) is 7.98. The maximum atomic E-state index is 12.9. The van der Waals surface area contributed by atoms with Crippen molar-refractivity contribution in [3.63, 3.8) is 0 Å². The summed E-state index contributed by atoms with van der Waals surface area (Å²) in [6.45, 7) is 7.49. The Bertz CT molecular complexity index is 790. The maximum absolute atomic E-state index is 12.9. The number of urea groups is 1. The Morgan fingerprint density at radius 3 is 2.70 bits per heavy atom. The van der Waals surface area contributed by atoms with E-state index in [2.05, 4.69) is 28.5 Å². The average Bonchev–Trinajstić information content (AvgIpc) is 3.28. The molecule has 4 rings (SSSR count). The predicted octanol–water partition coefficient (Wildman–Crippen LogP) is 2.33. The number of hydrogen-bond acceptors (Lipinski definition) is 4. The molecule has 7 heteroatoms. The standard InChI is InChI=1S/C23H34N4O3/c1-3-18-5-4-6-19(15-18)25-21(29)27-11-8-22(9-12-27)16-26(13-14-30-2)17-23(22)7-10-24-20(23)28/h4-6,15H,3,7-14,16-17H2,1-2H3,(H,24,28)(H,25,29). The Hall–Kier alpha value is -2.12. The van der Waals surface area contributed by atoms with Gasteiger partial charge in [-0.05, 0) is 43.4 Å². The van der Waals surface area contributed by atoms with E-state index in [0.29, 0.717) is 19.7 Å². The lowest BCUT2D eigenvalue weighted by Gasteiger charge is -2.46. The van der Waals surface area contributed by atoms with Gasteiger partial charge in [0, 0.05) is 57.5 Å². The molecule has 3 aliphatic heterocycles. The van der Waals surface area contributed by atoms with Crippen LogP contribution in [0.3, 0.4) is 0 Å². The van der Waals surface area contributed by atoms with E-state index in [1.54, 1.807) is 7.11 Å². The van der Waals surface area contributed by atoms with Gasteiger partial charge in [-0.3, -0.25) is 9.69 Å². The fourth-order valence-corrected chi connectivity index (χ4v) is 5.74. The molecular weight excluding hydrogens is 380 g/mol. The summed E-state index contributed by atoms with van der Waals surface area (Å²) in [6.07, 6.45) is 3.57. The van der Waals surface area contributed by atoms with Crippen LogP contribution in [0.2, 0.25) is 0 Å². The summed E-state index contributed by atoms with van der Waals surface area (Å²) in [7, 11) is 1.72. The fraction of sp³-hybridized carbons (Fsp3) is 0.652. The zero-order valence-corrected chi connectivity index (χ0v) is 18.2. The van der Waals surface area contributed by atoms with Crippen molar-refractivity contribution in [2.24, 2.45) is 10.8 Å². The van der Waals surface area contributed by atoms with Gasteiger partial charge < -0.3 is 20.3 Å². The van der Waals surface area contributed by atoms with Crippen molar-refractivity contribution in [2.75, 3.05) is 58.3 Å². The summed E-state index contributed by atoms with van der Waals surface area (Å²) in [5.74, 6) is 0.205. The summed E-state index contributed by atoms with van der Waals surface area (Å²) in [5.41, 5.74) is 1.68. The highest BCUT2D eigenvalue weighted by Gasteiger charge is 2.63. The lowest BCUT2D eigenvalue weighted by atomic mass is 9.60. The van der Waals surface area contributed by atoms with E-state index in [1.807, 2.05) is 23.1 Å². The molecule has 0 bridgehead atoms. The van der Waals surface area contributed by atoms with Crippen molar-refractivity contribution >= 4 is 17.6 Å². The van der Waals surface area contributed by atoms with Crippen LogP contribution >= 0.6 is 0 Å². The SMILES string of the molecule is CCc1cccc(NC(=O)N2CCC3(CC2)CN(CCOC)CC32CCNC2=O)c1. The number of nitrogens with zero attached hydrogens (tertiary/aromatic N) is 2. The van der Waals surface area contributed by atoms with Gasteiger partial charge in [0.1, 0.15) is 0 Å². The normalized spacial score (nSPS) is 25.8. The highest BCUT2D eigenvalue weighted by atomic mass is 16.5. The van der Waals surface area contributed by atoms with Gasteiger partial charge in [0.2, 0.25) is 5.91 Å². The molecule has 1 aromatic carbocycles. The van der Waals surface area contributed by atoms with Crippen molar-refractivity contribution in [3.8, 4) is 0 Å². The van der Waals surface area contributed by atoms with Gasteiger partial charge in [0.15, 0.2) is 0 Å². The minimum absolute atomic E-state index is 0.0442. The van der Waals surface area contributed by atoms with E-state index in [1.165, 1.54) is 5.56 Å². The molecule has 1 unspecified atom stereocenters. The highest BCUT2D eigenvalue weighted by Crippen LogP contribution is 2.56. The molecule has 30 heavy (non-hydrogen) atoms. The molecule has 3 aliphatic rings. The van der Waals surface area contributed by atoms with Crippen molar-refractivity contribution in [3.05, 3.63) is 29.8 Å². The number of aryl methyl sites for hydroxylation is 1. The zero-order chi connectivity index (χ0) is 21.2. The Kier molecular flexibility index (Phi) is 6.02. The number of benzene rings is 1. The minimum atomic E-state index is -0.321. The molecule has 164 valence electrons. The predicted molar refractivity (Wildman–Crippen MR) is 116 cm³/mol. The first-order valence-corrected chi connectivity index (χ1v) is 11.2. The molecule has 2 N–H and O–H groups in total. The van der Waals surface area contributed by atoms with E-state index in [-0.39, 0.29) is 22.8 Å². The van der Waals surface area contributed by atoms with E-state index in [0.717, 1.165) is 57.5 Å². The number of likely N-dealkylation sites (tertiary alicyclic amines) is 2. The first kappa shape index (κ1) is 21.1. The second-order valence-corrected chi connectivity index (χ2v) is 9.04. The number of carbonyl (C=O) groups excluding carboxylic acids is 2. The van der Waals surface area contributed by atoms with Crippen molar-refractivity contribution < 1.29 is 14.3 Å². The molecule has 7 nitrogen and oxygen atoms in total. The van der Waals surface area contributed by atoms with E-state index >= 15 is 0 Å². The average molecular weight is 415 g/mol. The lowest BCUT2D eigenvalue weighted by molar-refractivity contribution is -0.133. The van der Waals surface area contributed by atoms with Gasteiger partial charge in [-0.15, -0.1) is 0 Å². The van der Waals surface area contributed by atoms with Crippen LogP contribution in [-0.2, 0) is 16.0 Å². The highest BCUT2D eigenvalue weighted by molar-refractivity contribution is 5.90. The second kappa shape index (κ2) is 8.55. The molecule has 1 atom stereocenters. The van der Waals surface area contributed by atoms with Crippen LogP contribution in [0.25, 0.3) is 0 Å². The minimum Gasteiger partial charge on any atom is -0.383 e. The number of fused-ring (bicyclic) bond motifs is 1. The first-order valence-electron chi connectivity index (χ1n) is 11.2. The summed E-state index contributed by atoms with van der Waals surface area (Å²) in [4.78, 5) is 30.1. The van der Waals surface area contributed by atoms with Crippen molar-refractivity contribution in [1.29, 1.82) is 0 Å². The first-order chi connectivity index (χ1) is 14.5. The maximum Gasteiger partial charge on any atom is 0.321 e. The number of ether oxygens (including phenoxy) is 1. The summed E-state index contributed by atoms with van der Waals surface area (Å²) < 4.78 is 5.28. The number of amides is 3. The van der Waals surface area contributed by atoms with Crippen LogP contribution in [0.5, 0.6) is 0 Å². The monoisotopic (exact) mass is 414 g/mol. The zero-order valence-electron chi connectivity index (χ0n) is 18.2. The van der Waals surface area contributed by atoms with E-state index < -0.39 is 0 Å². The molecule has 0 saturated carbocycles. The topological polar surface area (TPSA) is 73.9 Å². The van der Waals surface area contributed by atoms with Gasteiger partial charge in [-0.1, -0.05) is 19.1 Å². The van der Waals surface area contributed by atoms with Gasteiger partial charge in [0.25, 0.3) is 0 Å². The smallest absolute Gasteiger partial charge is 0.321 e. The number of nitrogens with one attached hydrogen (secondary N) is 2. The molecule has 0 aromatic heterocycles. The fourth-order valence-electron chi connectivity index (χ4n) is 5.74. The molecule has 1 aromatic rings. The molecule has 3 fully saturated rings.